The summed E-state index contributed by atoms with van der Waals surface area (Å²) < 4.78 is 52.4. The van der Waals surface area contributed by atoms with Crippen molar-refractivity contribution in [3.8, 4) is 0 Å². The minimum absolute atomic E-state index is 0.0115. The molecular formula is C17H19F3O3. The van der Waals surface area contributed by atoms with Crippen LogP contribution in [-0.4, -0.2) is 30.3 Å². The van der Waals surface area contributed by atoms with E-state index in [2.05, 4.69) is 0 Å². The molecule has 1 heterocycles. The van der Waals surface area contributed by atoms with Gasteiger partial charge in [-0.2, -0.15) is 13.2 Å². The minimum atomic E-state index is -4.70. The van der Waals surface area contributed by atoms with Crippen molar-refractivity contribution in [1.82, 2.24) is 0 Å². The highest BCUT2D eigenvalue weighted by Crippen LogP contribution is 2.61. The molecule has 0 bridgehead atoms. The largest absolute Gasteiger partial charge is 0.421 e. The first-order valence-corrected chi connectivity index (χ1v) is 7.97. The molecule has 2 spiro atoms. The summed E-state index contributed by atoms with van der Waals surface area (Å²) in [6.45, 7) is 0.947. The van der Waals surface area contributed by atoms with Crippen LogP contribution < -0.4 is 0 Å². The van der Waals surface area contributed by atoms with Crippen molar-refractivity contribution < 1.29 is 27.8 Å². The summed E-state index contributed by atoms with van der Waals surface area (Å²) in [6.07, 6.45) is -2.65. The maximum Gasteiger partial charge on any atom is 0.421 e. The normalized spacial score (nSPS) is 35.8. The molecule has 0 amide bonds. The molecule has 1 aromatic carbocycles. The second-order valence-corrected chi connectivity index (χ2v) is 7.00. The topological polar surface area (TPSA) is 38.7 Å². The van der Waals surface area contributed by atoms with Gasteiger partial charge >= 0.3 is 6.18 Å². The lowest BCUT2D eigenvalue weighted by molar-refractivity contribution is -0.273. The molecule has 1 aliphatic heterocycles. The molecule has 1 aromatic rings. The zero-order valence-corrected chi connectivity index (χ0v) is 12.7. The molecule has 1 N–H and O–H groups in total. The van der Waals surface area contributed by atoms with Gasteiger partial charge in [0.05, 0.1) is 13.2 Å². The van der Waals surface area contributed by atoms with Crippen molar-refractivity contribution in [3.05, 3.63) is 35.4 Å². The monoisotopic (exact) mass is 328 g/mol. The molecule has 1 saturated carbocycles. The summed E-state index contributed by atoms with van der Waals surface area (Å²) >= 11 is 0. The van der Waals surface area contributed by atoms with Crippen LogP contribution in [0.2, 0.25) is 0 Å². The Bertz CT molecular complexity index is 624. The first-order valence-electron chi connectivity index (χ1n) is 7.97. The molecule has 23 heavy (non-hydrogen) atoms. The third-order valence-corrected chi connectivity index (χ3v) is 5.64. The fourth-order valence-corrected chi connectivity index (χ4v) is 4.75. The van der Waals surface area contributed by atoms with E-state index in [4.69, 9.17) is 9.47 Å². The average Bonchev–Trinajstić information content (AvgIpc) is 3.02. The van der Waals surface area contributed by atoms with E-state index < -0.39 is 23.0 Å². The zero-order valence-electron chi connectivity index (χ0n) is 12.7. The fraction of sp³-hybridized carbons (Fsp3) is 0.647. The number of hydrogen-bond acceptors (Lipinski definition) is 3. The standard InChI is InChI=1S/C17H19F3O3/c18-17(19,20)16(21)11-14(12-4-1-2-5-13(12)16)6-3-7-15(10-14)22-8-9-23-15/h1-2,4-5,21H,3,6-11H2/t14-,16?/m1/s1. The lowest BCUT2D eigenvalue weighted by atomic mass is 9.67. The van der Waals surface area contributed by atoms with Gasteiger partial charge in [-0.05, 0) is 30.4 Å². The summed E-state index contributed by atoms with van der Waals surface area (Å²) in [5.74, 6) is -0.789. The molecule has 6 heteroatoms. The second-order valence-electron chi connectivity index (χ2n) is 7.00. The number of halogens is 3. The average molecular weight is 328 g/mol. The van der Waals surface area contributed by atoms with E-state index in [0.29, 0.717) is 38.0 Å². The van der Waals surface area contributed by atoms with E-state index in [-0.39, 0.29) is 12.0 Å². The van der Waals surface area contributed by atoms with Gasteiger partial charge in [0, 0.05) is 18.3 Å². The van der Waals surface area contributed by atoms with Gasteiger partial charge < -0.3 is 14.6 Å². The number of aliphatic hydroxyl groups is 1. The Morgan fingerprint density at radius 3 is 2.26 bits per heavy atom. The first kappa shape index (κ1) is 15.4. The van der Waals surface area contributed by atoms with Crippen LogP contribution in [0.4, 0.5) is 13.2 Å². The van der Waals surface area contributed by atoms with E-state index >= 15 is 0 Å². The van der Waals surface area contributed by atoms with Crippen LogP contribution in [-0.2, 0) is 20.5 Å². The molecule has 2 atom stereocenters. The van der Waals surface area contributed by atoms with Crippen molar-refractivity contribution in [2.75, 3.05) is 13.2 Å². The number of hydrogen-bond donors (Lipinski definition) is 1. The van der Waals surface area contributed by atoms with E-state index in [1.807, 2.05) is 0 Å². The molecule has 126 valence electrons. The highest BCUT2D eigenvalue weighted by Gasteiger charge is 2.66. The molecule has 1 unspecified atom stereocenters. The van der Waals surface area contributed by atoms with Crippen molar-refractivity contribution in [2.45, 2.75) is 55.1 Å². The van der Waals surface area contributed by atoms with Crippen LogP contribution >= 0.6 is 0 Å². The highest BCUT2D eigenvalue weighted by molar-refractivity contribution is 5.46. The van der Waals surface area contributed by atoms with Crippen molar-refractivity contribution in [3.63, 3.8) is 0 Å². The van der Waals surface area contributed by atoms with Crippen LogP contribution in [0.5, 0.6) is 0 Å². The molecule has 3 nitrogen and oxygen atoms in total. The summed E-state index contributed by atoms with van der Waals surface area (Å²) in [7, 11) is 0. The van der Waals surface area contributed by atoms with E-state index in [0.717, 1.165) is 6.42 Å². The van der Waals surface area contributed by atoms with Gasteiger partial charge in [0.1, 0.15) is 0 Å². The Labute approximate surface area is 132 Å². The Morgan fingerprint density at radius 1 is 0.957 bits per heavy atom. The van der Waals surface area contributed by atoms with Gasteiger partial charge in [0.2, 0.25) is 0 Å². The van der Waals surface area contributed by atoms with Gasteiger partial charge in [-0.3, -0.25) is 0 Å². The minimum Gasteiger partial charge on any atom is -0.376 e. The quantitative estimate of drug-likeness (QED) is 0.793. The maximum atomic E-state index is 13.6. The Hall–Kier alpha value is -1.11. The Kier molecular flexibility index (Phi) is 3.16. The first-order chi connectivity index (χ1) is 10.8. The molecule has 0 aromatic heterocycles. The summed E-state index contributed by atoms with van der Waals surface area (Å²) in [4.78, 5) is 0. The Morgan fingerprint density at radius 2 is 1.61 bits per heavy atom. The molecule has 2 fully saturated rings. The molecule has 3 aliphatic rings. The predicted octanol–water partition coefficient (Wildman–Crippen LogP) is 3.40. The van der Waals surface area contributed by atoms with Gasteiger partial charge in [0.25, 0.3) is 0 Å². The van der Waals surface area contributed by atoms with Crippen molar-refractivity contribution >= 4 is 0 Å². The number of rotatable bonds is 0. The number of ether oxygens (including phenoxy) is 2. The van der Waals surface area contributed by atoms with Crippen molar-refractivity contribution in [1.29, 1.82) is 0 Å². The predicted molar refractivity (Wildman–Crippen MR) is 75.8 cm³/mol. The lowest BCUT2D eigenvalue weighted by Gasteiger charge is -2.44. The molecule has 2 aliphatic carbocycles. The number of benzene rings is 1. The summed E-state index contributed by atoms with van der Waals surface area (Å²) in [5, 5.41) is 10.5. The number of alkyl halides is 3. The van der Waals surface area contributed by atoms with Gasteiger partial charge in [0.15, 0.2) is 11.4 Å². The van der Waals surface area contributed by atoms with Gasteiger partial charge in [-0.25, -0.2) is 0 Å². The molecular weight excluding hydrogens is 309 g/mol. The molecule has 1 saturated heterocycles. The molecule has 0 radical (unpaired) electrons. The lowest BCUT2D eigenvalue weighted by Crippen LogP contribution is -2.47. The van der Waals surface area contributed by atoms with Crippen LogP contribution in [0.25, 0.3) is 0 Å². The summed E-state index contributed by atoms with van der Waals surface area (Å²) in [6, 6.07) is 6.40. The van der Waals surface area contributed by atoms with E-state index in [1.165, 1.54) is 6.07 Å². The summed E-state index contributed by atoms with van der Waals surface area (Å²) in [5.41, 5.74) is -2.95. The third kappa shape index (κ3) is 2.08. The second kappa shape index (κ2) is 4.71. The molecule has 4 rings (SSSR count). The van der Waals surface area contributed by atoms with Crippen LogP contribution in [0.15, 0.2) is 24.3 Å². The third-order valence-electron chi connectivity index (χ3n) is 5.64. The van der Waals surface area contributed by atoms with Crippen LogP contribution in [0, 0.1) is 0 Å². The maximum absolute atomic E-state index is 13.6. The van der Waals surface area contributed by atoms with Crippen LogP contribution in [0.3, 0.4) is 0 Å². The van der Waals surface area contributed by atoms with Gasteiger partial charge in [-0.1, -0.05) is 24.3 Å². The highest BCUT2D eigenvalue weighted by atomic mass is 19.4. The zero-order chi connectivity index (χ0) is 16.3. The van der Waals surface area contributed by atoms with E-state index in [1.54, 1.807) is 18.2 Å². The SMILES string of the molecule is OC1(C(F)(F)F)C[C@]2(CCCC3(C2)OCCO3)c2ccccc21. The fourth-order valence-electron chi connectivity index (χ4n) is 4.75. The van der Waals surface area contributed by atoms with Gasteiger partial charge in [-0.15, -0.1) is 0 Å². The number of fused-ring (bicyclic) bond motifs is 2. The van der Waals surface area contributed by atoms with Crippen LogP contribution in [0.1, 0.15) is 43.2 Å². The smallest absolute Gasteiger partial charge is 0.376 e. The van der Waals surface area contributed by atoms with Crippen molar-refractivity contribution in [2.24, 2.45) is 0 Å². The Balaban J connectivity index is 1.81. The van der Waals surface area contributed by atoms with E-state index in [9.17, 15) is 18.3 Å².